The summed E-state index contributed by atoms with van der Waals surface area (Å²) in [6.07, 6.45) is -3.72. The fraction of sp³-hybridized carbons (Fsp3) is 0.222. The van der Waals surface area contributed by atoms with Crippen LogP contribution in [0.15, 0.2) is 58.9 Å². The van der Waals surface area contributed by atoms with Gasteiger partial charge in [-0.25, -0.2) is 9.37 Å². The molecule has 0 aliphatic carbocycles. The van der Waals surface area contributed by atoms with Crippen LogP contribution in [-0.4, -0.2) is 36.6 Å². The number of carbonyl (C=O) groups is 2. The lowest BCUT2D eigenvalue weighted by molar-refractivity contribution is -0.134. The summed E-state index contributed by atoms with van der Waals surface area (Å²) in [4.78, 5) is 30.1. The topological polar surface area (TPSA) is 84.2 Å². The van der Waals surface area contributed by atoms with Gasteiger partial charge in [0.25, 0.3) is 11.8 Å². The second kappa shape index (κ2) is 11.2. The minimum absolute atomic E-state index is 0.0264. The van der Waals surface area contributed by atoms with Crippen molar-refractivity contribution in [2.45, 2.75) is 25.4 Å². The molecule has 3 aromatic heterocycles. The predicted octanol–water partition coefficient (Wildman–Crippen LogP) is 6.52. The zero-order chi connectivity index (χ0) is 27.4. The Kier molecular flexibility index (Phi) is 7.96. The second-order valence-corrected chi connectivity index (χ2v) is 9.29. The number of benzene rings is 1. The Morgan fingerprint density at radius 1 is 1.13 bits per heavy atom. The van der Waals surface area contributed by atoms with Crippen molar-refractivity contribution in [2.24, 2.45) is 0 Å². The minimum atomic E-state index is -4.42. The Balaban J connectivity index is 1.86. The van der Waals surface area contributed by atoms with E-state index in [2.05, 4.69) is 22.2 Å². The van der Waals surface area contributed by atoms with Crippen molar-refractivity contribution in [3.05, 3.63) is 76.4 Å². The number of aromatic nitrogens is 1. The van der Waals surface area contributed by atoms with Gasteiger partial charge in [0.15, 0.2) is 0 Å². The van der Waals surface area contributed by atoms with Crippen molar-refractivity contribution in [3.8, 4) is 22.5 Å². The monoisotopic (exact) mass is 545 g/mol. The molecule has 0 saturated carbocycles. The van der Waals surface area contributed by atoms with E-state index in [0.717, 1.165) is 11.3 Å². The number of amides is 2. The molecule has 4 rings (SSSR count). The van der Waals surface area contributed by atoms with Gasteiger partial charge in [0.1, 0.15) is 11.6 Å². The average Bonchev–Trinajstić information content (AvgIpc) is 3.51. The number of furan rings is 1. The number of rotatable bonds is 9. The van der Waals surface area contributed by atoms with Crippen LogP contribution >= 0.6 is 11.3 Å². The molecule has 0 spiro atoms. The number of halogens is 4. The molecule has 0 unspecified atom stereocenters. The van der Waals surface area contributed by atoms with Crippen LogP contribution in [0.25, 0.3) is 33.6 Å². The molecule has 38 heavy (non-hydrogen) atoms. The Hall–Kier alpha value is -3.99. The fourth-order valence-electron chi connectivity index (χ4n) is 3.89. The van der Waals surface area contributed by atoms with Crippen LogP contribution < -0.4 is 10.6 Å². The summed E-state index contributed by atoms with van der Waals surface area (Å²) >= 11 is 1.14. The van der Waals surface area contributed by atoms with Gasteiger partial charge in [-0.1, -0.05) is 6.08 Å². The minimum Gasteiger partial charge on any atom is -0.437 e. The summed E-state index contributed by atoms with van der Waals surface area (Å²) in [7, 11) is 1.43. The van der Waals surface area contributed by atoms with E-state index in [0.29, 0.717) is 34.5 Å². The number of fused-ring (bicyclic) bond motifs is 1. The third-order valence-corrected chi connectivity index (χ3v) is 6.66. The van der Waals surface area contributed by atoms with Crippen molar-refractivity contribution >= 4 is 34.3 Å². The summed E-state index contributed by atoms with van der Waals surface area (Å²) in [5.74, 6) is -1.20. The van der Waals surface area contributed by atoms with Crippen molar-refractivity contribution in [1.82, 2.24) is 15.6 Å². The number of aryl methyl sites for hydroxylation is 1. The van der Waals surface area contributed by atoms with E-state index in [1.165, 1.54) is 31.3 Å². The molecular formula is C27H23F4N3O3S. The molecule has 11 heteroatoms. The maximum atomic E-state index is 13.5. The number of nitrogens with one attached hydrogen (secondary N) is 2. The number of thiophene rings is 1. The highest BCUT2D eigenvalue weighted by Crippen LogP contribution is 2.38. The number of pyridine rings is 1. The molecule has 3 heterocycles. The van der Waals surface area contributed by atoms with Gasteiger partial charge in [-0.3, -0.25) is 9.59 Å². The highest BCUT2D eigenvalue weighted by Gasteiger charge is 2.29. The molecule has 0 radical (unpaired) electrons. The second-order valence-electron chi connectivity index (χ2n) is 8.38. The van der Waals surface area contributed by atoms with Crippen molar-refractivity contribution < 1.29 is 31.6 Å². The van der Waals surface area contributed by atoms with Crippen LogP contribution in [0.2, 0.25) is 0 Å². The van der Waals surface area contributed by atoms with E-state index < -0.39 is 30.7 Å². The van der Waals surface area contributed by atoms with Crippen LogP contribution in [0.3, 0.4) is 0 Å². The molecule has 198 valence electrons. The maximum Gasteiger partial charge on any atom is 0.389 e. The Labute approximate surface area is 219 Å². The normalized spacial score (nSPS) is 11.5. The molecule has 0 aliphatic rings. The molecule has 2 N–H and O–H groups in total. The number of carbonyl (C=O) groups excluding carboxylic acids is 2. The molecule has 0 saturated heterocycles. The van der Waals surface area contributed by atoms with Crippen LogP contribution in [0.5, 0.6) is 0 Å². The van der Waals surface area contributed by atoms with Gasteiger partial charge in [0.05, 0.1) is 21.5 Å². The first kappa shape index (κ1) is 27.1. The zero-order valence-electron chi connectivity index (χ0n) is 20.2. The summed E-state index contributed by atoms with van der Waals surface area (Å²) in [6.45, 7) is 4.00. The number of nitrogens with zero attached hydrogens (tertiary/aromatic N) is 1. The van der Waals surface area contributed by atoms with Crippen molar-refractivity contribution in [2.75, 3.05) is 13.6 Å². The predicted molar refractivity (Wildman–Crippen MR) is 138 cm³/mol. The average molecular weight is 546 g/mol. The molecule has 0 aliphatic heterocycles. The molecular weight excluding hydrogens is 522 g/mol. The van der Waals surface area contributed by atoms with Crippen LogP contribution in [-0.2, 0) is 6.42 Å². The first-order valence-corrected chi connectivity index (χ1v) is 12.5. The number of hydrogen-bond donors (Lipinski definition) is 2. The van der Waals surface area contributed by atoms with E-state index in [1.807, 2.05) is 0 Å². The first-order chi connectivity index (χ1) is 18.1. The molecule has 0 atom stereocenters. The lowest BCUT2D eigenvalue weighted by Crippen LogP contribution is -2.23. The van der Waals surface area contributed by atoms with Gasteiger partial charge in [-0.2, -0.15) is 13.2 Å². The van der Waals surface area contributed by atoms with E-state index in [4.69, 9.17) is 4.42 Å². The van der Waals surface area contributed by atoms with Gasteiger partial charge >= 0.3 is 6.18 Å². The SMILES string of the molecule is C=CCCNC(=O)c1cc(-c2cc3c(C(=O)NC)c(-c4ccc(F)cc4)oc3nc2CCC(F)(F)F)cs1. The van der Waals surface area contributed by atoms with E-state index in [1.54, 1.807) is 23.6 Å². The molecule has 4 aromatic rings. The maximum absolute atomic E-state index is 13.5. The van der Waals surface area contributed by atoms with Gasteiger partial charge in [0, 0.05) is 31.1 Å². The number of hydrogen-bond acceptors (Lipinski definition) is 5. The lowest BCUT2D eigenvalue weighted by Gasteiger charge is -2.10. The molecule has 1 aromatic carbocycles. The smallest absolute Gasteiger partial charge is 0.389 e. The number of alkyl halides is 3. The van der Waals surface area contributed by atoms with E-state index in [-0.39, 0.29) is 34.0 Å². The van der Waals surface area contributed by atoms with Gasteiger partial charge in [0.2, 0.25) is 5.71 Å². The molecule has 0 bridgehead atoms. The summed E-state index contributed by atoms with van der Waals surface area (Å²) in [6, 6.07) is 8.40. The van der Waals surface area contributed by atoms with Gasteiger partial charge in [-0.15, -0.1) is 17.9 Å². The summed E-state index contributed by atoms with van der Waals surface area (Å²) < 4.78 is 58.8. The third kappa shape index (κ3) is 5.94. The quantitative estimate of drug-likeness (QED) is 0.142. The molecule has 2 amide bonds. The lowest BCUT2D eigenvalue weighted by atomic mass is 9.99. The Bertz CT molecular complexity index is 1490. The molecule has 0 fully saturated rings. The Morgan fingerprint density at radius 2 is 1.87 bits per heavy atom. The van der Waals surface area contributed by atoms with Crippen molar-refractivity contribution in [3.63, 3.8) is 0 Å². The van der Waals surface area contributed by atoms with Crippen LogP contribution in [0.4, 0.5) is 17.6 Å². The van der Waals surface area contributed by atoms with Gasteiger partial charge in [-0.05, 0) is 60.2 Å². The highest BCUT2D eigenvalue weighted by molar-refractivity contribution is 7.12. The fourth-order valence-corrected chi connectivity index (χ4v) is 4.71. The summed E-state index contributed by atoms with van der Waals surface area (Å²) in [5.41, 5.74) is 1.43. The van der Waals surface area contributed by atoms with Crippen molar-refractivity contribution in [1.29, 1.82) is 0 Å². The van der Waals surface area contributed by atoms with Crippen LogP contribution in [0.1, 0.15) is 38.6 Å². The largest absolute Gasteiger partial charge is 0.437 e. The zero-order valence-corrected chi connectivity index (χ0v) is 21.1. The van der Waals surface area contributed by atoms with Crippen LogP contribution in [0, 0.1) is 5.82 Å². The van der Waals surface area contributed by atoms with E-state index >= 15 is 0 Å². The highest BCUT2D eigenvalue weighted by atomic mass is 32.1. The Morgan fingerprint density at radius 3 is 2.53 bits per heavy atom. The summed E-state index contributed by atoms with van der Waals surface area (Å²) in [5, 5.41) is 7.22. The first-order valence-electron chi connectivity index (χ1n) is 11.6. The van der Waals surface area contributed by atoms with Gasteiger partial charge < -0.3 is 15.1 Å². The van der Waals surface area contributed by atoms with E-state index in [9.17, 15) is 27.2 Å². The third-order valence-electron chi connectivity index (χ3n) is 5.74. The molecule has 6 nitrogen and oxygen atoms in total. The standard InChI is InChI=1S/C27H23F4N3O3S/c1-3-4-11-33-24(35)21-12-16(14-38-21)18-13-19-22(25(36)32-2)23(15-5-7-17(28)8-6-15)37-26(19)34-20(18)9-10-27(29,30)31/h3,5-8,12-14H,1,4,9-11H2,2H3,(H,32,36)(H,33,35).